The Bertz CT molecular complexity index is 902. The third-order valence-corrected chi connectivity index (χ3v) is 5.21. The summed E-state index contributed by atoms with van der Waals surface area (Å²) in [4.78, 5) is 26.6. The van der Waals surface area contributed by atoms with Crippen LogP contribution in [0.15, 0.2) is 36.4 Å². The molecule has 1 heterocycles. The van der Waals surface area contributed by atoms with Gasteiger partial charge in [-0.05, 0) is 48.9 Å². The summed E-state index contributed by atoms with van der Waals surface area (Å²) in [6.45, 7) is 2.93. The van der Waals surface area contributed by atoms with Gasteiger partial charge in [0.2, 0.25) is 11.8 Å². The van der Waals surface area contributed by atoms with Crippen molar-refractivity contribution in [1.29, 1.82) is 0 Å². The molecule has 1 aliphatic rings. The molecule has 0 saturated carbocycles. The molecule has 29 heavy (non-hydrogen) atoms. The van der Waals surface area contributed by atoms with E-state index in [2.05, 4.69) is 5.32 Å². The zero-order valence-electron chi connectivity index (χ0n) is 16.2. The summed E-state index contributed by atoms with van der Waals surface area (Å²) < 4.78 is 10.8. The Labute approximate surface area is 179 Å². The van der Waals surface area contributed by atoms with E-state index >= 15 is 0 Å². The van der Waals surface area contributed by atoms with Crippen LogP contribution in [-0.2, 0) is 16.1 Å². The van der Waals surface area contributed by atoms with Crippen molar-refractivity contribution in [2.75, 3.05) is 25.2 Å². The summed E-state index contributed by atoms with van der Waals surface area (Å²) in [5.41, 5.74) is 1.51. The third kappa shape index (κ3) is 4.95. The van der Waals surface area contributed by atoms with Crippen LogP contribution in [0.25, 0.3) is 0 Å². The Morgan fingerprint density at radius 3 is 2.62 bits per heavy atom. The Morgan fingerprint density at radius 1 is 1.24 bits per heavy atom. The topological polar surface area (TPSA) is 67.9 Å². The van der Waals surface area contributed by atoms with E-state index in [1.807, 2.05) is 6.92 Å². The molecule has 6 nitrogen and oxygen atoms in total. The number of rotatable bonds is 7. The number of hydrogen-bond donors (Lipinski definition) is 1. The second kappa shape index (κ2) is 9.37. The van der Waals surface area contributed by atoms with Crippen LogP contribution in [0.2, 0.25) is 10.0 Å². The molecule has 1 fully saturated rings. The lowest BCUT2D eigenvalue weighted by Gasteiger charge is -2.17. The summed E-state index contributed by atoms with van der Waals surface area (Å²) in [6.07, 6.45) is 0.168. The van der Waals surface area contributed by atoms with Crippen LogP contribution in [0, 0.1) is 5.92 Å². The molecule has 0 radical (unpaired) electrons. The van der Waals surface area contributed by atoms with Gasteiger partial charge < -0.3 is 19.7 Å². The molecule has 1 atom stereocenters. The maximum atomic E-state index is 12.6. The monoisotopic (exact) mass is 436 g/mol. The van der Waals surface area contributed by atoms with Gasteiger partial charge in [-0.2, -0.15) is 0 Å². The van der Waals surface area contributed by atoms with E-state index in [0.717, 1.165) is 11.3 Å². The maximum absolute atomic E-state index is 12.6. The smallest absolute Gasteiger partial charge is 0.227 e. The number of benzene rings is 2. The van der Waals surface area contributed by atoms with Gasteiger partial charge in [-0.1, -0.05) is 23.2 Å². The molecule has 0 spiro atoms. The molecule has 1 unspecified atom stereocenters. The Kier molecular flexibility index (Phi) is 6.87. The lowest BCUT2D eigenvalue weighted by molar-refractivity contribution is -0.126. The largest absolute Gasteiger partial charge is 0.493 e. The van der Waals surface area contributed by atoms with E-state index in [4.69, 9.17) is 32.7 Å². The molecule has 0 aromatic heterocycles. The van der Waals surface area contributed by atoms with E-state index < -0.39 is 5.92 Å². The maximum Gasteiger partial charge on any atom is 0.227 e. The number of ether oxygens (including phenoxy) is 2. The summed E-state index contributed by atoms with van der Waals surface area (Å²) >= 11 is 12.2. The standard InChI is InChI=1S/C21H22Cl2N2O4/c1-3-29-20-17(23)8-13(9-18(20)28-2)11-24-21(27)14-10-19(26)25(12-14)16-6-4-15(22)5-7-16/h4-9,14H,3,10-12H2,1-2H3,(H,24,27). The second-order valence-corrected chi connectivity index (χ2v) is 7.49. The van der Waals surface area contributed by atoms with Crippen LogP contribution in [-0.4, -0.2) is 32.1 Å². The summed E-state index contributed by atoms with van der Waals surface area (Å²) in [7, 11) is 1.53. The summed E-state index contributed by atoms with van der Waals surface area (Å²) in [5, 5.41) is 3.89. The van der Waals surface area contributed by atoms with Gasteiger partial charge in [0.25, 0.3) is 0 Å². The van der Waals surface area contributed by atoms with E-state index in [-0.39, 0.29) is 24.8 Å². The van der Waals surface area contributed by atoms with E-state index in [0.29, 0.717) is 34.7 Å². The van der Waals surface area contributed by atoms with Crippen LogP contribution >= 0.6 is 23.2 Å². The van der Waals surface area contributed by atoms with Gasteiger partial charge in [-0.15, -0.1) is 0 Å². The van der Waals surface area contributed by atoms with Gasteiger partial charge in [-0.25, -0.2) is 0 Å². The zero-order chi connectivity index (χ0) is 21.0. The predicted molar refractivity (Wildman–Crippen MR) is 113 cm³/mol. The lowest BCUT2D eigenvalue weighted by Crippen LogP contribution is -2.32. The first kappa shape index (κ1) is 21.3. The molecule has 0 bridgehead atoms. The Hall–Kier alpha value is -2.44. The van der Waals surface area contributed by atoms with Crippen LogP contribution < -0.4 is 19.7 Å². The van der Waals surface area contributed by atoms with Crippen molar-refractivity contribution in [2.24, 2.45) is 5.92 Å². The zero-order valence-corrected chi connectivity index (χ0v) is 17.7. The van der Waals surface area contributed by atoms with Crippen molar-refractivity contribution < 1.29 is 19.1 Å². The minimum Gasteiger partial charge on any atom is -0.493 e. The summed E-state index contributed by atoms with van der Waals surface area (Å²) in [5.74, 6) is 0.301. The predicted octanol–water partition coefficient (Wildman–Crippen LogP) is 4.07. The highest BCUT2D eigenvalue weighted by Crippen LogP contribution is 2.36. The first-order valence-electron chi connectivity index (χ1n) is 9.25. The molecular formula is C21H22Cl2N2O4. The molecule has 8 heteroatoms. The molecule has 1 saturated heterocycles. The van der Waals surface area contributed by atoms with Gasteiger partial charge in [0.05, 0.1) is 24.7 Å². The van der Waals surface area contributed by atoms with Crippen molar-refractivity contribution in [3.05, 3.63) is 52.0 Å². The molecule has 2 amide bonds. The van der Waals surface area contributed by atoms with Gasteiger partial charge >= 0.3 is 0 Å². The molecule has 0 aliphatic carbocycles. The first-order valence-corrected chi connectivity index (χ1v) is 10.0. The number of anilines is 1. The fraction of sp³-hybridized carbons (Fsp3) is 0.333. The fourth-order valence-corrected chi connectivity index (χ4v) is 3.66. The van der Waals surface area contributed by atoms with E-state index in [1.54, 1.807) is 41.3 Å². The highest BCUT2D eigenvalue weighted by molar-refractivity contribution is 6.32. The van der Waals surface area contributed by atoms with Crippen molar-refractivity contribution in [2.45, 2.75) is 19.9 Å². The van der Waals surface area contributed by atoms with Crippen molar-refractivity contribution >= 4 is 40.7 Å². The first-order chi connectivity index (χ1) is 13.9. The minimum absolute atomic E-state index is 0.0850. The van der Waals surface area contributed by atoms with Crippen LogP contribution in [0.4, 0.5) is 5.69 Å². The van der Waals surface area contributed by atoms with Gasteiger partial charge in [0, 0.05) is 30.2 Å². The lowest BCUT2D eigenvalue weighted by atomic mass is 10.1. The van der Waals surface area contributed by atoms with Crippen molar-refractivity contribution in [3.63, 3.8) is 0 Å². The van der Waals surface area contributed by atoms with E-state index in [9.17, 15) is 9.59 Å². The second-order valence-electron chi connectivity index (χ2n) is 6.64. The highest BCUT2D eigenvalue weighted by atomic mass is 35.5. The number of amides is 2. The molecule has 1 aliphatic heterocycles. The van der Waals surface area contributed by atoms with Crippen molar-refractivity contribution in [1.82, 2.24) is 5.32 Å². The number of carbonyl (C=O) groups excluding carboxylic acids is 2. The number of carbonyl (C=O) groups is 2. The molecule has 154 valence electrons. The molecule has 2 aromatic carbocycles. The summed E-state index contributed by atoms with van der Waals surface area (Å²) in [6, 6.07) is 10.5. The number of nitrogens with one attached hydrogen (secondary N) is 1. The Balaban J connectivity index is 1.63. The molecular weight excluding hydrogens is 415 g/mol. The number of methoxy groups -OCH3 is 1. The molecule has 3 rings (SSSR count). The highest BCUT2D eigenvalue weighted by Gasteiger charge is 2.35. The fourth-order valence-electron chi connectivity index (χ4n) is 3.25. The third-order valence-electron chi connectivity index (χ3n) is 4.68. The average Bonchev–Trinajstić information content (AvgIpc) is 3.10. The van der Waals surface area contributed by atoms with Gasteiger partial charge in [-0.3, -0.25) is 9.59 Å². The Morgan fingerprint density at radius 2 is 1.97 bits per heavy atom. The van der Waals surface area contributed by atoms with Crippen LogP contribution in [0.3, 0.4) is 0 Å². The van der Waals surface area contributed by atoms with Gasteiger partial charge in [0.1, 0.15) is 0 Å². The number of halogens is 2. The molecule has 2 aromatic rings. The normalized spacial score (nSPS) is 16.1. The quantitative estimate of drug-likeness (QED) is 0.709. The SMILES string of the molecule is CCOc1c(Cl)cc(CNC(=O)C2CC(=O)N(c3ccc(Cl)cc3)C2)cc1OC. The van der Waals surface area contributed by atoms with Crippen LogP contribution in [0.5, 0.6) is 11.5 Å². The average molecular weight is 437 g/mol. The number of nitrogens with zero attached hydrogens (tertiary/aromatic N) is 1. The van der Waals surface area contributed by atoms with Crippen molar-refractivity contribution in [3.8, 4) is 11.5 Å². The number of hydrogen-bond acceptors (Lipinski definition) is 4. The van der Waals surface area contributed by atoms with Crippen LogP contribution in [0.1, 0.15) is 18.9 Å². The van der Waals surface area contributed by atoms with Gasteiger partial charge in [0.15, 0.2) is 11.5 Å². The molecule has 1 N–H and O–H groups in total. The van der Waals surface area contributed by atoms with E-state index in [1.165, 1.54) is 7.11 Å². The minimum atomic E-state index is -0.418.